The molecule has 2 saturated carbocycles. The summed E-state index contributed by atoms with van der Waals surface area (Å²) in [7, 11) is 0. The molecule has 0 unspecified atom stereocenters. The molecule has 4 heteroatoms. The largest absolute Gasteiger partial charge is 0.455 e. The highest BCUT2D eigenvalue weighted by atomic mass is 16.6. The normalized spacial score (nSPS) is 57.3. The molecule has 0 aromatic rings. The van der Waals surface area contributed by atoms with Gasteiger partial charge >= 0.3 is 5.97 Å². The van der Waals surface area contributed by atoms with E-state index < -0.39 is 17.3 Å². The van der Waals surface area contributed by atoms with Crippen molar-refractivity contribution in [2.24, 2.45) is 23.7 Å². The van der Waals surface area contributed by atoms with E-state index in [1.165, 1.54) is 0 Å². The molecule has 4 nitrogen and oxygen atoms in total. The highest BCUT2D eigenvalue weighted by Gasteiger charge is 2.68. The van der Waals surface area contributed by atoms with Gasteiger partial charge in [0.05, 0.1) is 11.5 Å². The van der Waals surface area contributed by atoms with Gasteiger partial charge in [-0.1, -0.05) is 13.8 Å². The number of esters is 1. The van der Waals surface area contributed by atoms with Crippen molar-refractivity contribution in [2.45, 2.75) is 63.8 Å². The quantitative estimate of drug-likeness (QED) is 0.653. The van der Waals surface area contributed by atoms with Gasteiger partial charge in [0.15, 0.2) is 0 Å². The van der Waals surface area contributed by atoms with Gasteiger partial charge in [-0.05, 0) is 38.5 Å². The molecule has 1 spiro atoms. The lowest BCUT2D eigenvalue weighted by molar-refractivity contribution is -0.248. The van der Waals surface area contributed by atoms with Crippen molar-refractivity contribution < 1.29 is 19.7 Å². The third-order valence-corrected chi connectivity index (χ3v) is 6.01. The molecule has 3 aliphatic rings. The molecule has 1 saturated heterocycles. The Bertz CT molecular complexity index is 401. The number of carbonyl (C=O) groups excluding carboxylic acids is 1. The monoisotopic (exact) mass is 268 g/mol. The SMILES string of the molecule is C[C@@H]1CC[C@H]2[C@@H](C)C(=O)O[C@@]23[C@H]1CC[C@@](C)(O)[C@H]3O. The smallest absolute Gasteiger partial charge is 0.309 e. The minimum atomic E-state index is -1.16. The Morgan fingerprint density at radius 1 is 1.21 bits per heavy atom. The highest BCUT2D eigenvalue weighted by molar-refractivity contribution is 5.76. The summed E-state index contributed by atoms with van der Waals surface area (Å²) in [6, 6.07) is 0. The standard InChI is InChI=1S/C15H24O4/c1-8-4-5-11-9(2)12(16)19-15(11)10(8)6-7-14(3,18)13(15)17/h8-11,13,17-18H,4-7H2,1-3H3/t8-,9-,10+,11+,13-,14-,15+/m1/s1. The fourth-order valence-electron chi connectivity index (χ4n) is 4.85. The topological polar surface area (TPSA) is 66.8 Å². The zero-order valence-corrected chi connectivity index (χ0v) is 11.9. The third-order valence-electron chi connectivity index (χ3n) is 6.01. The van der Waals surface area contributed by atoms with Crippen molar-refractivity contribution in [3.8, 4) is 0 Å². The fraction of sp³-hybridized carbons (Fsp3) is 0.933. The van der Waals surface area contributed by atoms with Crippen LogP contribution in [0.4, 0.5) is 0 Å². The van der Waals surface area contributed by atoms with Gasteiger partial charge in [0.1, 0.15) is 11.7 Å². The van der Waals surface area contributed by atoms with Crippen LogP contribution in [-0.2, 0) is 9.53 Å². The van der Waals surface area contributed by atoms with Crippen LogP contribution >= 0.6 is 0 Å². The summed E-state index contributed by atoms with van der Waals surface area (Å²) in [5, 5.41) is 21.2. The zero-order valence-electron chi connectivity index (χ0n) is 11.9. The molecule has 2 N–H and O–H groups in total. The van der Waals surface area contributed by atoms with E-state index >= 15 is 0 Å². The summed E-state index contributed by atoms with van der Waals surface area (Å²) in [5.41, 5.74) is -2.01. The minimum Gasteiger partial charge on any atom is -0.455 e. The van der Waals surface area contributed by atoms with Crippen LogP contribution in [0.2, 0.25) is 0 Å². The van der Waals surface area contributed by atoms with Gasteiger partial charge in [0, 0.05) is 11.8 Å². The first kappa shape index (κ1) is 13.4. The van der Waals surface area contributed by atoms with E-state index in [2.05, 4.69) is 6.92 Å². The first-order valence-electron chi connectivity index (χ1n) is 7.44. The van der Waals surface area contributed by atoms with E-state index in [9.17, 15) is 15.0 Å². The maximum absolute atomic E-state index is 12.0. The molecule has 0 amide bonds. The molecule has 2 aliphatic carbocycles. The summed E-state index contributed by atoms with van der Waals surface area (Å²) < 4.78 is 5.74. The van der Waals surface area contributed by atoms with Gasteiger partial charge in [-0.15, -0.1) is 0 Å². The number of aliphatic hydroxyl groups is 2. The van der Waals surface area contributed by atoms with E-state index in [1.807, 2.05) is 6.92 Å². The molecule has 19 heavy (non-hydrogen) atoms. The molecular weight excluding hydrogens is 244 g/mol. The average Bonchev–Trinajstić information content (AvgIpc) is 2.59. The Labute approximate surface area is 114 Å². The Balaban J connectivity index is 2.08. The molecule has 1 aliphatic heterocycles. The maximum atomic E-state index is 12.0. The number of hydrogen-bond donors (Lipinski definition) is 2. The van der Waals surface area contributed by atoms with Crippen molar-refractivity contribution in [2.75, 3.05) is 0 Å². The Morgan fingerprint density at radius 3 is 2.58 bits per heavy atom. The van der Waals surface area contributed by atoms with Crippen LogP contribution < -0.4 is 0 Å². The van der Waals surface area contributed by atoms with Gasteiger partial charge in [-0.2, -0.15) is 0 Å². The van der Waals surface area contributed by atoms with Crippen LogP contribution in [0.25, 0.3) is 0 Å². The van der Waals surface area contributed by atoms with Gasteiger partial charge in [-0.25, -0.2) is 0 Å². The lowest BCUT2D eigenvalue weighted by Gasteiger charge is -2.56. The summed E-state index contributed by atoms with van der Waals surface area (Å²) in [5.74, 6) is 0.276. The van der Waals surface area contributed by atoms with Crippen LogP contribution in [0.15, 0.2) is 0 Å². The van der Waals surface area contributed by atoms with E-state index in [0.717, 1.165) is 19.3 Å². The van der Waals surface area contributed by atoms with Crippen LogP contribution in [0, 0.1) is 23.7 Å². The molecule has 3 rings (SSSR count). The van der Waals surface area contributed by atoms with E-state index in [-0.39, 0.29) is 23.7 Å². The zero-order chi connectivity index (χ0) is 14.0. The van der Waals surface area contributed by atoms with Crippen molar-refractivity contribution >= 4 is 5.97 Å². The van der Waals surface area contributed by atoms with Crippen LogP contribution in [0.5, 0.6) is 0 Å². The van der Waals surface area contributed by atoms with E-state index in [4.69, 9.17) is 4.74 Å². The van der Waals surface area contributed by atoms with Gasteiger partial charge < -0.3 is 14.9 Å². The molecule has 0 bridgehead atoms. The van der Waals surface area contributed by atoms with Gasteiger partial charge in [0.2, 0.25) is 0 Å². The fourth-order valence-corrected chi connectivity index (χ4v) is 4.85. The van der Waals surface area contributed by atoms with Crippen molar-refractivity contribution in [3.63, 3.8) is 0 Å². The second kappa shape index (κ2) is 3.95. The number of rotatable bonds is 0. The van der Waals surface area contributed by atoms with Gasteiger partial charge in [0.25, 0.3) is 0 Å². The number of carbonyl (C=O) groups is 1. The predicted molar refractivity (Wildman–Crippen MR) is 69.2 cm³/mol. The molecule has 3 fully saturated rings. The molecular formula is C15H24O4. The minimum absolute atomic E-state index is 0.0444. The first-order chi connectivity index (χ1) is 8.80. The van der Waals surface area contributed by atoms with E-state index in [1.54, 1.807) is 6.92 Å². The van der Waals surface area contributed by atoms with Crippen LogP contribution in [0.3, 0.4) is 0 Å². The molecule has 7 atom stereocenters. The molecule has 108 valence electrons. The predicted octanol–water partition coefficient (Wildman–Crippen LogP) is 1.49. The highest BCUT2D eigenvalue weighted by Crippen LogP contribution is 2.59. The second-order valence-corrected chi connectivity index (χ2v) is 7.13. The molecule has 0 aromatic carbocycles. The maximum Gasteiger partial charge on any atom is 0.309 e. The molecule has 0 aromatic heterocycles. The molecule has 0 radical (unpaired) electrons. The third kappa shape index (κ3) is 1.56. The van der Waals surface area contributed by atoms with Crippen LogP contribution in [-0.4, -0.2) is 33.5 Å². The Hall–Kier alpha value is -0.610. The van der Waals surface area contributed by atoms with E-state index in [0.29, 0.717) is 12.3 Å². The van der Waals surface area contributed by atoms with Crippen molar-refractivity contribution in [1.29, 1.82) is 0 Å². The van der Waals surface area contributed by atoms with Crippen molar-refractivity contribution in [3.05, 3.63) is 0 Å². The number of aliphatic hydroxyl groups excluding tert-OH is 1. The summed E-state index contributed by atoms with van der Waals surface area (Å²) >= 11 is 0. The summed E-state index contributed by atoms with van der Waals surface area (Å²) in [6.45, 7) is 5.73. The number of hydrogen-bond acceptors (Lipinski definition) is 4. The lowest BCUT2D eigenvalue weighted by atomic mass is 9.53. The first-order valence-corrected chi connectivity index (χ1v) is 7.44. The van der Waals surface area contributed by atoms with Crippen LogP contribution in [0.1, 0.15) is 46.5 Å². The second-order valence-electron chi connectivity index (χ2n) is 7.13. The summed E-state index contributed by atoms with van der Waals surface area (Å²) in [6.07, 6.45) is 2.40. The molecule has 1 heterocycles. The number of ether oxygens (including phenoxy) is 1. The average molecular weight is 268 g/mol. The van der Waals surface area contributed by atoms with Gasteiger partial charge in [-0.3, -0.25) is 4.79 Å². The lowest BCUT2D eigenvalue weighted by Crippen LogP contribution is -2.67. The summed E-state index contributed by atoms with van der Waals surface area (Å²) in [4.78, 5) is 12.0. The Morgan fingerprint density at radius 2 is 1.89 bits per heavy atom. The Kier molecular flexibility index (Phi) is 2.78. The van der Waals surface area contributed by atoms with Crippen molar-refractivity contribution in [1.82, 2.24) is 0 Å².